The van der Waals surface area contributed by atoms with Gasteiger partial charge in [0, 0.05) is 30.0 Å². The van der Waals surface area contributed by atoms with Crippen molar-refractivity contribution in [1.29, 1.82) is 0 Å². The topological polar surface area (TPSA) is 134 Å². The van der Waals surface area contributed by atoms with Crippen molar-refractivity contribution in [2.45, 2.75) is 57.9 Å². The highest BCUT2D eigenvalue weighted by atomic mass is 32.2. The van der Waals surface area contributed by atoms with Crippen LogP contribution in [-0.4, -0.2) is 58.2 Å². The summed E-state index contributed by atoms with van der Waals surface area (Å²) in [5.74, 6) is 0.757. The van der Waals surface area contributed by atoms with Crippen LogP contribution in [-0.2, 0) is 26.8 Å². The molecule has 0 atom stereocenters. The number of aryl methyl sites for hydroxylation is 1. The third-order valence-electron chi connectivity index (χ3n) is 8.34. The van der Waals surface area contributed by atoms with Crippen LogP contribution in [0.4, 0.5) is 5.69 Å². The zero-order valence-electron chi connectivity index (χ0n) is 27.1. The van der Waals surface area contributed by atoms with E-state index in [2.05, 4.69) is 42.4 Å². The number of allylic oxidation sites excluding steroid dienone is 4. The van der Waals surface area contributed by atoms with Crippen molar-refractivity contribution in [2.24, 2.45) is 5.41 Å². The molecule has 47 heavy (non-hydrogen) atoms. The maximum atomic E-state index is 11.5. The first-order valence-electron chi connectivity index (χ1n) is 15.2. The van der Waals surface area contributed by atoms with E-state index in [9.17, 15) is 25.9 Å². The Morgan fingerprint density at radius 2 is 1.60 bits per heavy atom. The summed E-state index contributed by atoms with van der Waals surface area (Å²) in [6, 6.07) is 11.7. The zero-order chi connectivity index (χ0) is 34.1. The fraction of sp³-hybridized carbons (Fsp3) is 0.424. The third-order valence-corrected chi connectivity index (χ3v) is 12.2. The van der Waals surface area contributed by atoms with E-state index < -0.39 is 20.2 Å². The molecule has 0 fully saturated rings. The molecule has 0 bridgehead atoms. The molecule has 0 amide bonds. The van der Waals surface area contributed by atoms with Crippen molar-refractivity contribution in [3.8, 4) is 11.5 Å². The predicted octanol–water partition coefficient (Wildman–Crippen LogP) is 6.74. The average Bonchev–Trinajstić information content (AvgIpc) is 3.49. The first-order valence-corrected chi connectivity index (χ1v) is 20.1. The Hall–Kier alpha value is -2.88. The Bertz CT molecular complexity index is 1990. The average molecular weight is 722 g/mol. The number of aromatic nitrogens is 1. The largest absolute Gasteiger partial charge is 0.497 e. The van der Waals surface area contributed by atoms with Crippen LogP contribution in [0.25, 0.3) is 16.3 Å². The molecule has 0 saturated carbocycles. The van der Waals surface area contributed by atoms with Gasteiger partial charge in [-0.05, 0) is 78.7 Å². The SMILES string of the molecule is COc1ccc2c(c1)N(CCCS(=O)(=O)O)C(=CC1=C(C)C(=Cc3sc4ccc(OC)cc4[n+]3CCCS(=O)(=O)O)CC(C)(C)C1)S2. The first-order chi connectivity index (χ1) is 22.1. The molecule has 0 radical (unpaired) electrons. The number of methoxy groups -OCH3 is 2. The van der Waals surface area contributed by atoms with Gasteiger partial charge >= 0.3 is 0 Å². The van der Waals surface area contributed by atoms with E-state index in [1.807, 2.05) is 36.4 Å². The van der Waals surface area contributed by atoms with E-state index in [1.165, 1.54) is 11.1 Å². The Morgan fingerprint density at radius 3 is 2.28 bits per heavy atom. The number of thiazole rings is 1. The molecule has 2 N–H and O–H groups in total. The van der Waals surface area contributed by atoms with Gasteiger partial charge in [-0.25, -0.2) is 0 Å². The molecule has 10 nitrogen and oxygen atoms in total. The summed E-state index contributed by atoms with van der Waals surface area (Å²) < 4.78 is 78.8. The van der Waals surface area contributed by atoms with Crippen molar-refractivity contribution in [3.05, 3.63) is 69.2 Å². The van der Waals surface area contributed by atoms with Gasteiger partial charge in [0.15, 0.2) is 6.54 Å². The van der Waals surface area contributed by atoms with Crippen LogP contribution in [0.3, 0.4) is 0 Å². The smallest absolute Gasteiger partial charge is 0.265 e. The summed E-state index contributed by atoms with van der Waals surface area (Å²) in [5.41, 5.74) is 5.33. The number of rotatable bonds is 12. The van der Waals surface area contributed by atoms with Gasteiger partial charge in [-0.15, -0.1) is 0 Å². The summed E-state index contributed by atoms with van der Waals surface area (Å²) in [6.45, 7) is 7.43. The zero-order valence-corrected chi connectivity index (χ0v) is 30.4. The van der Waals surface area contributed by atoms with E-state index in [-0.39, 0.29) is 29.8 Å². The van der Waals surface area contributed by atoms with Crippen LogP contribution >= 0.6 is 23.1 Å². The fourth-order valence-corrected chi connectivity index (χ4v) is 9.34. The molecule has 1 aliphatic heterocycles. The number of benzene rings is 2. The van der Waals surface area contributed by atoms with Crippen molar-refractivity contribution in [1.82, 2.24) is 0 Å². The van der Waals surface area contributed by atoms with E-state index >= 15 is 0 Å². The molecule has 254 valence electrons. The number of ether oxygens (including phenoxy) is 2. The fourth-order valence-electron chi connectivity index (χ4n) is 6.08. The van der Waals surface area contributed by atoms with Crippen molar-refractivity contribution in [3.63, 3.8) is 0 Å². The minimum absolute atomic E-state index is 0.0530. The summed E-state index contributed by atoms with van der Waals surface area (Å²) in [4.78, 5) is 3.14. The van der Waals surface area contributed by atoms with Crippen molar-refractivity contribution >= 4 is 65.3 Å². The molecule has 0 spiro atoms. The molecule has 5 rings (SSSR count). The number of hydrogen-bond donors (Lipinski definition) is 2. The van der Waals surface area contributed by atoms with Gasteiger partial charge in [0.1, 0.15) is 16.2 Å². The molecule has 2 aromatic carbocycles. The Balaban J connectivity index is 1.56. The van der Waals surface area contributed by atoms with E-state index in [0.717, 1.165) is 49.3 Å². The predicted molar refractivity (Wildman–Crippen MR) is 189 cm³/mol. The molecule has 0 unspecified atom stereocenters. The maximum Gasteiger partial charge on any atom is 0.265 e. The molecular weight excluding hydrogens is 681 g/mol. The van der Waals surface area contributed by atoms with Crippen LogP contribution in [0.2, 0.25) is 0 Å². The first kappa shape index (κ1) is 35.4. The van der Waals surface area contributed by atoms with Gasteiger partial charge in [0.05, 0.1) is 42.5 Å². The number of anilines is 1. The second-order valence-corrected chi connectivity index (χ2v) is 17.9. The lowest BCUT2D eigenvalue weighted by atomic mass is 9.72. The molecule has 1 aliphatic carbocycles. The van der Waals surface area contributed by atoms with Gasteiger partial charge in [-0.3, -0.25) is 9.11 Å². The molecule has 3 aromatic rings. The number of fused-ring (bicyclic) bond motifs is 2. The summed E-state index contributed by atoms with van der Waals surface area (Å²) in [5, 5.41) is 1.95. The summed E-state index contributed by atoms with van der Waals surface area (Å²) in [7, 11) is -4.95. The molecule has 0 saturated heterocycles. The van der Waals surface area contributed by atoms with Crippen LogP contribution in [0.15, 0.2) is 69.1 Å². The quantitative estimate of drug-likeness (QED) is 0.153. The van der Waals surface area contributed by atoms with Gasteiger partial charge in [-0.2, -0.15) is 21.4 Å². The van der Waals surface area contributed by atoms with Crippen molar-refractivity contribution in [2.75, 3.05) is 37.2 Å². The summed E-state index contributed by atoms with van der Waals surface area (Å²) >= 11 is 3.25. The Labute approximate surface area is 285 Å². The highest BCUT2D eigenvalue weighted by Crippen LogP contribution is 2.50. The molecule has 2 aliphatic rings. The van der Waals surface area contributed by atoms with Gasteiger partial charge in [0.25, 0.3) is 25.2 Å². The number of hydrogen-bond acceptors (Lipinski definition) is 9. The Morgan fingerprint density at radius 1 is 0.936 bits per heavy atom. The summed E-state index contributed by atoms with van der Waals surface area (Å²) in [6.07, 6.45) is 6.61. The van der Waals surface area contributed by atoms with Crippen LogP contribution in [0.5, 0.6) is 11.5 Å². The number of thioether (sulfide) groups is 1. The van der Waals surface area contributed by atoms with Crippen LogP contribution in [0, 0.1) is 5.41 Å². The number of nitrogens with zero attached hydrogens (tertiary/aromatic N) is 2. The molecule has 1 aromatic heterocycles. The lowest BCUT2D eigenvalue weighted by Crippen LogP contribution is -2.36. The molecule has 14 heteroatoms. The van der Waals surface area contributed by atoms with E-state index in [4.69, 9.17) is 9.47 Å². The normalized spacial score (nSPS) is 18.4. The lowest BCUT2D eigenvalue weighted by Gasteiger charge is -2.33. The second kappa shape index (κ2) is 13.9. The minimum atomic E-state index is -4.09. The molecule has 2 heterocycles. The van der Waals surface area contributed by atoms with Crippen LogP contribution < -0.4 is 18.9 Å². The minimum Gasteiger partial charge on any atom is -0.497 e. The second-order valence-electron chi connectivity index (χ2n) is 12.6. The highest BCUT2D eigenvalue weighted by molar-refractivity contribution is 8.03. The van der Waals surface area contributed by atoms with Gasteiger partial charge in [0.2, 0.25) is 5.52 Å². The molecular formula is C33H41N2O8S4+. The van der Waals surface area contributed by atoms with Gasteiger partial charge in [-0.1, -0.05) is 36.9 Å². The standard InChI is InChI=1S/C33H40N2O8S4/c1-22-23(16-31-34(12-6-14-46(36,37)38)27-18-25(42-4)8-10-29(27)44-31)20-33(2,3)21-24(22)17-32-35(13-7-15-47(39,40)41)28-19-26(43-5)9-11-30(28)45-32/h8-11,16-19H,6-7,12-15,20-21H2,1-5H3,(H-,36,37,38,39,40,41)/p+1. The third kappa shape index (κ3) is 8.78. The maximum absolute atomic E-state index is 11.5. The van der Waals surface area contributed by atoms with E-state index in [0.29, 0.717) is 24.6 Å². The Kier molecular flexibility index (Phi) is 10.5. The lowest BCUT2D eigenvalue weighted by molar-refractivity contribution is -0.668. The van der Waals surface area contributed by atoms with Crippen molar-refractivity contribution < 1.29 is 40.0 Å². The monoisotopic (exact) mass is 721 g/mol. The van der Waals surface area contributed by atoms with Gasteiger partial charge < -0.3 is 14.4 Å². The van der Waals surface area contributed by atoms with Crippen LogP contribution in [0.1, 0.15) is 51.5 Å². The highest BCUT2D eigenvalue weighted by Gasteiger charge is 2.32. The van der Waals surface area contributed by atoms with E-state index in [1.54, 1.807) is 37.3 Å².